The normalized spacial score (nSPS) is 14.8. The summed E-state index contributed by atoms with van der Waals surface area (Å²) in [6.07, 6.45) is 1.65. The van der Waals surface area contributed by atoms with Gasteiger partial charge in [-0.2, -0.15) is 0 Å². The maximum atomic E-state index is 12.8. The molecule has 31 heavy (non-hydrogen) atoms. The number of esters is 1. The Hall–Kier alpha value is -3.26. The lowest BCUT2D eigenvalue weighted by molar-refractivity contribution is -0.142. The molecule has 8 heteroatoms. The van der Waals surface area contributed by atoms with Crippen LogP contribution in [0.3, 0.4) is 0 Å². The van der Waals surface area contributed by atoms with Crippen molar-refractivity contribution in [3.05, 3.63) is 64.1 Å². The van der Waals surface area contributed by atoms with Gasteiger partial charge in [-0.1, -0.05) is 30.3 Å². The number of carbonyl (C=O) groups excluding carboxylic acids is 3. The molecule has 2 aromatic carbocycles. The predicted molar refractivity (Wildman–Crippen MR) is 118 cm³/mol. The maximum absolute atomic E-state index is 12.8. The first-order valence-electron chi connectivity index (χ1n) is 9.69. The summed E-state index contributed by atoms with van der Waals surface area (Å²) in [7, 11) is 1.28. The van der Waals surface area contributed by atoms with E-state index in [1.807, 2.05) is 38.1 Å². The van der Waals surface area contributed by atoms with Crippen LogP contribution in [0.15, 0.2) is 47.4 Å². The Balaban J connectivity index is 1.79. The van der Waals surface area contributed by atoms with Crippen LogP contribution in [0.2, 0.25) is 0 Å². The number of carbonyl (C=O) groups is 3. The van der Waals surface area contributed by atoms with Crippen LogP contribution in [0.1, 0.15) is 23.6 Å². The van der Waals surface area contributed by atoms with Gasteiger partial charge in [-0.25, -0.2) is 4.79 Å². The molecule has 0 unspecified atom stereocenters. The molecule has 0 radical (unpaired) electrons. The first-order valence-corrected chi connectivity index (χ1v) is 10.5. The van der Waals surface area contributed by atoms with Crippen molar-refractivity contribution in [1.82, 2.24) is 4.90 Å². The van der Waals surface area contributed by atoms with E-state index in [2.05, 4.69) is 4.74 Å². The van der Waals surface area contributed by atoms with E-state index in [1.54, 1.807) is 24.3 Å². The van der Waals surface area contributed by atoms with Gasteiger partial charge in [0.2, 0.25) is 0 Å². The van der Waals surface area contributed by atoms with Crippen LogP contribution in [-0.4, -0.2) is 42.3 Å². The number of thioether (sulfide) groups is 1. The third-order valence-electron chi connectivity index (χ3n) is 4.60. The van der Waals surface area contributed by atoms with Gasteiger partial charge in [0.25, 0.3) is 11.1 Å². The molecule has 0 aliphatic carbocycles. The zero-order chi connectivity index (χ0) is 22.4. The number of hydrogen-bond acceptors (Lipinski definition) is 7. The number of ether oxygens (including phenoxy) is 3. The van der Waals surface area contributed by atoms with Crippen LogP contribution in [0.5, 0.6) is 11.5 Å². The summed E-state index contributed by atoms with van der Waals surface area (Å²) in [4.78, 5) is 38.2. The van der Waals surface area contributed by atoms with Gasteiger partial charge in [-0.15, -0.1) is 0 Å². The molecule has 162 valence electrons. The highest BCUT2D eigenvalue weighted by atomic mass is 32.2. The first-order chi connectivity index (χ1) is 14.9. The molecule has 1 aliphatic rings. The average molecular weight is 442 g/mol. The molecule has 2 amide bonds. The highest BCUT2D eigenvalue weighted by Gasteiger charge is 2.35. The molecule has 0 saturated carbocycles. The molecule has 7 nitrogen and oxygen atoms in total. The summed E-state index contributed by atoms with van der Waals surface area (Å²) < 4.78 is 15.6. The van der Waals surface area contributed by atoms with Crippen LogP contribution in [-0.2, 0) is 20.9 Å². The Morgan fingerprint density at radius 3 is 2.58 bits per heavy atom. The summed E-state index contributed by atoms with van der Waals surface area (Å²) in [6.45, 7) is 4.16. The Bertz CT molecular complexity index is 1030. The third-order valence-corrected chi connectivity index (χ3v) is 5.51. The number of aryl methyl sites for hydroxylation is 1. The van der Waals surface area contributed by atoms with E-state index in [0.717, 1.165) is 22.9 Å². The minimum absolute atomic E-state index is 0.235. The second-order valence-electron chi connectivity index (χ2n) is 6.70. The maximum Gasteiger partial charge on any atom is 0.343 e. The molecule has 0 bridgehead atoms. The van der Waals surface area contributed by atoms with E-state index in [4.69, 9.17) is 9.47 Å². The number of rotatable bonds is 8. The topological polar surface area (TPSA) is 82.1 Å². The van der Waals surface area contributed by atoms with Crippen molar-refractivity contribution in [3.8, 4) is 11.5 Å². The van der Waals surface area contributed by atoms with E-state index in [0.29, 0.717) is 28.6 Å². The van der Waals surface area contributed by atoms with Crippen LogP contribution >= 0.6 is 11.8 Å². The van der Waals surface area contributed by atoms with Gasteiger partial charge >= 0.3 is 5.97 Å². The van der Waals surface area contributed by atoms with Crippen molar-refractivity contribution in [2.75, 3.05) is 20.3 Å². The molecular formula is C23H23NO6S. The van der Waals surface area contributed by atoms with E-state index < -0.39 is 5.97 Å². The van der Waals surface area contributed by atoms with E-state index >= 15 is 0 Å². The van der Waals surface area contributed by atoms with Crippen molar-refractivity contribution in [2.45, 2.75) is 20.4 Å². The van der Waals surface area contributed by atoms with Crippen LogP contribution in [0, 0.1) is 6.92 Å². The highest BCUT2D eigenvalue weighted by Crippen LogP contribution is 2.35. The van der Waals surface area contributed by atoms with Crippen LogP contribution in [0.25, 0.3) is 6.08 Å². The summed E-state index contributed by atoms with van der Waals surface area (Å²) in [5.74, 6) is -0.0209. The summed E-state index contributed by atoms with van der Waals surface area (Å²) in [5.41, 5.74) is 2.63. The molecule has 0 N–H and O–H groups in total. The van der Waals surface area contributed by atoms with Gasteiger partial charge in [0.1, 0.15) is 0 Å². The molecule has 1 saturated heterocycles. The van der Waals surface area contributed by atoms with Gasteiger partial charge in [0.05, 0.1) is 25.2 Å². The number of benzene rings is 2. The average Bonchev–Trinajstić information content (AvgIpc) is 3.02. The standard InChI is InChI=1S/C23H23NO6S/c1-4-29-19-11-16(9-10-18(19)30-14-21(25)28-3)12-20-22(26)24(23(27)31-20)13-17-8-6-5-7-15(17)2/h5-12H,4,13-14H2,1-3H3/b20-12-. The largest absolute Gasteiger partial charge is 0.490 e. The Kier molecular flexibility index (Phi) is 7.36. The SMILES string of the molecule is CCOc1cc(/C=C2\SC(=O)N(Cc3ccccc3C)C2=O)ccc1OCC(=O)OC. The van der Waals surface area contributed by atoms with E-state index in [9.17, 15) is 14.4 Å². The van der Waals surface area contributed by atoms with Gasteiger partial charge < -0.3 is 14.2 Å². The van der Waals surface area contributed by atoms with Crippen molar-refractivity contribution in [3.63, 3.8) is 0 Å². The molecule has 1 aliphatic heterocycles. The van der Waals surface area contributed by atoms with Crippen molar-refractivity contribution in [2.24, 2.45) is 0 Å². The molecule has 2 aromatic rings. The van der Waals surface area contributed by atoms with Crippen molar-refractivity contribution < 1.29 is 28.6 Å². The fraction of sp³-hybridized carbons (Fsp3) is 0.261. The predicted octanol–water partition coefficient (Wildman–Crippen LogP) is 4.18. The Labute approximate surface area is 185 Å². The Morgan fingerprint density at radius 2 is 1.87 bits per heavy atom. The van der Waals surface area contributed by atoms with Gasteiger partial charge in [0, 0.05) is 0 Å². The summed E-state index contributed by atoms with van der Waals surface area (Å²) in [6, 6.07) is 12.7. The number of hydrogen-bond donors (Lipinski definition) is 0. The fourth-order valence-corrected chi connectivity index (χ4v) is 3.78. The zero-order valence-corrected chi connectivity index (χ0v) is 18.4. The fourth-order valence-electron chi connectivity index (χ4n) is 2.94. The quantitative estimate of drug-likeness (QED) is 0.449. The number of imide groups is 1. The van der Waals surface area contributed by atoms with Crippen LogP contribution in [0.4, 0.5) is 4.79 Å². The third kappa shape index (κ3) is 5.46. The number of amides is 2. The number of nitrogens with zero attached hydrogens (tertiary/aromatic N) is 1. The highest BCUT2D eigenvalue weighted by molar-refractivity contribution is 8.18. The lowest BCUT2D eigenvalue weighted by atomic mass is 10.1. The van der Waals surface area contributed by atoms with Crippen molar-refractivity contribution >= 4 is 35.0 Å². The number of methoxy groups -OCH3 is 1. The lowest BCUT2D eigenvalue weighted by Gasteiger charge is -2.14. The molecule has 1 heterocycles. The molecule has 0 spiro atoms. The van der Waals surface area contributed by atoms with E-state index in [-0.39, 0.29) is 24.3 Å². The van der Waals surface area contributed by atoms with E-state index in [1.165, 1.54) is 12.0 Å². The Morgan fingerprint density at radius 1 is 1.10 bits per heavy atom. The monoisotopic (exact) mass is 441 g/mol. The van der Waals surface area contributed by atoms with Gasteiger partial charge in [0.15, 0.2) is 18.1 Å². The summed E-state index contributed by atoms with van der Waals surface area (Å²) in [5, 5.41) is -0.303. The van der Waals surface area contributed by atoms with Gasteiger partial charge in [-0.3, -0.25) is 14.5 Å². The summed E-state index contributed by atoms with van der Waals surface area (Å²) >= 11 is 0.908. The first kappa shape index (κ1) is 22.4. The minimum atomic E-state index is -0.506. The molecule has 0 atom stereocenters. The van der Waals surface area contributed by atoms with Crippen LogP contribution < -0.4 is 9.47 Å². The second kappa shape index (κ2) is 10.2. The molecule has 3 rings (SSSR count). The second-order valence-corrected chi connectivity index (χ2v) is 7.69. The minimum Gasteiger partial charge on any atom is -0.490 e. The zero-order valence-electron chi connectivity index (χ0n) is 17.5. The lowest BCUT2D eigenvalue weighted by Crippen LogP contribution is -2.27. The smallest absolute Gasteiger partial charge is 0.343 e. The molecular weight excluding hydrogens is 418 g/mol. The molecule has 1 fully saturated rings. The van der Waals surface area contributed by atoms with Gasteiger partial charge in [-0.05, 0) is 60.5 Å². The molecule has 0 aromatic heterocycles. The van der Waals surface area contributed by atoms with Crippen molar-refractivity contribution in [1.29, 1.82) is 0 Å².